The molecular formula is C40H74N2O13. The first-order valence-electron chi connectivity index (χ1n) is 20.2. The van der Waals surface area contributed by atoms with E-state index in [-0.39, 0.29) is 31.4 Å². The van der Waals surface area contributed by atoms with Crippen LogP contribution in [0.25, 0.3) is 0 Å². The van der Waals surface area contributed by atoms with E-state index in [0.29, 0.717) is 25.2 Å². The minimum absolute atomic E-state index is 0.0264. The second-order valence-electron chi connectivity index (χ2n) is 17.4. The average Bonchev–Trinajstić information content (AvgIpc) is 3.11. The number of aliphatic hydroxyl groups is 5. The third-order valence-corrected chi connectivity index (χ3v) is 12.3. The van der Waals surface area contributed by atoms with E-state index >= 15 is 0 Å². The van der Waals surface area contributed by atoms with E-state index in [1.165, 1.54) is 14.0 Å². The Hall–Kier alpha value is -1.50. The summed E-state index contributed by atoms with van der Waals surface area (Å²) in [4.78, 5) is 21.8. The molecule has 15 nitrogen and oxygen atoms in total. The number of cyclic esters (lactones) is 1. The third-order valence-electron chi connectivity index (χ3n) is 12.3. The maximum atomic E-state index is 14.3. The number of carbonyl (C=O) groups is 1. The summed E-state index contributed by atoms with van der Waals surface area (Å²) in [5, 5.41) is 63.4. The van der Waals surface area contributed by atoms with Gasteiger partial charge in [-0.25, -0.2) is 0 Å². The molecule has 3 heterocycles. The molecule has 3 rings (SSSR count). The summed E-state index contributed by atoms with van der Waals surface area (Å²) in [5.74, 6) is -3.90. The highest BCUT2D eigenvalue weighted by Gasteiger charge is 2.53. The van der Waals surface area contributed by atoms with E-state index < -0.39 is 102 Å². The Kier molecular flexibility index (Phi) is 17.0. The number of aliphatic hydroxyl groups excluding tert-OH is 3. The predicted molar refractivity (Wildman–Crippen MR) is 205 cm³/mol. The van der Waals surface area contributed by atoms with Gasteiger partial charge in [0.1, 0.15) is 30.5 Å². The fraction of sp³-hybridized carbons (Fsp3) is 0.950. The molecule has 3 aliphatic heterocycles. The first kappa shape index (κ1) is 47.9. The Bertz CT molecular complexity index is 1250. The van der Waals surface area contributed by atoms with Crippen LogP contribution in [0.3, 0.4) is 0 Å². The number of oxime groups is 1. The molecule has 0 spiro atoms. The predicted octanol–water partition coefficient (Wildman–Crippen LogP) is 3.00. The van der Waals surface area contributed by atoms with Crippen molar-refractivity contribution in [3.63, 3.8) is 0 Å². The van der Waals surface area contributed by atoms with Gasteiger partial charge in [-0.3, -0.25) is 4.79 Å². The zero-order chi connectivity index (χ0) is 41.8. The van der Waals surface area contributed by atoms with Crippen LogP contribution in [0, 0.1) is 23.7 Å². The van der Waals surface area contributed by atoms with Crippen LogP contribution in [0.1, 0.15) is 108 Å². The number of rotatable bonds is 10. The summed E-state index contributed by atoms with van der Waals surface area (Å²) in [5.41, 5.74) is -4.28. The maximum absolute atomic E-state index is 14.3. The molecule has 0 aromatic carbocycles. The van der Waals surface area contributed by atoms with Gasteiger partial charge in [0.15, 0.2) is 12.6 Å². The van der Waals surface area contributed by atoms with Gasteiger partial charge in [0.25, 0.3) is 0 Å². The van der Waals surface area contributed by atoms with Crippen LogP contribution < -0.4 is 0 Å². The van der Waals surface area contributed by atoms with Crippen LogP contribution in [0.15, 0.2) is 5.16 Å². The van der Waals surface area contributed by atoms with E-state index in [4.69, 9.17) is 33.3 Å². The second kappa shape index (κ2) is 19.5. The van der Waals surface area contributed by atoms with Crippen LogP contribution >= 0.6 is 0 Å². The molecule has 0 saturated carbocycles. The lowest BCUT2D eigenvalue weighted by Gasteiger charge is -2.49. The zero-order valence-electron chi connectivity index (χ0n) is 35.8. The molecular weight excluding hydrogens is 716 g/mol. The fourth-order valence-electron chi connectivity index (χ4n) is 8.81. The minimum atomic E-state index is -1.92. The van der Waals surface area contributed by atoms with Gasteiger partial charge >= 0.3 is 5.97 Å². The van der Waals surface area contributed by atoms with Crippen molar-refractivity contribution >= 4 is 11.7 Å². The van der Waals surface area contributed by atoms with Crippen molar-refractivity contribution in [2.24, 2.45) is 28.8 Å². The van der Waals surface area contributed by atoms with Crippen molar-refractivity contribution in [3.05, 3.63) is 0 Å². The lowest BCUT2D eigenvalue weighted by atomic mass is 9.73. The van der Waals surface area contributed by atoms with Gasteiger partial charge in [-0.2, -0.15) is 0 Å². The van der Waals surface area contributed by atoms with Crippen molar-refractivity contribution in [2.75, 3.05) is 27.8 Å². The summed E-state index contributed by atoms with van der Waals surface area (Å²) in [6.45, 7) is 19.4. The van der Waals surface area contributed by atoms with Crippen molar-refractivity contribution in [3.8, 4) is 0 Å². The molecule has 0 aromatic rings. The van der Waals surface area contributed by atoms with E-state index in [9.17, 15) is 30.3 Å². The quantitative estimate of drug-likeness (QED) is 0.123. The van der Waals surface area contributed by atoms with E-state index in [1.54, 1.807) is 48.5 Å². The van der Waals surface area contributed by atoms with Crippen molar-refractivity contribution in [1.82, 2.24) is 4.90 Å². The van der Waals surface area contributed by atoms with Gasteiger partial charge in [0.05, 0.1) is 53.4 Å². The van der Waals surface area contributed by atoms with Gasteiger partial charge in [0.2, 0.25) is 0 Å². The number of nitrogens with zero attached hydrogens (tertiary/aromatic N) is 2. The first-order valence-corrected chi connectivity index (χ1v) is 20.2. The number of hydrogen-bond donors (Lipinski definition) is 5. The molecule has 5 N–H and O–H groups in total. The molecule has 3 saturated heterocycles. The molecule has 0 bridgehead atoms. The molecule has 3 fully saturated rings. The molecule has 322 valence electrons. The molecule has 2 unspecified atom stereocenters. The van der Waals surface area contributed by atoms with Crippen LogP contribution in [-0.2, 0) is 38.1 Å². The lowest BCUT2D eigenvalue weighted by molar-refractivity contribution is -0.317. The molecule has 55 heavy (non-hydrogen) atoms. The summed E-state index contributed by atoms with van der Waals surface area (Å²) in [6, 6.07) is -0.307. The summed E-state index contributed by atoms with van der Waals surface area (Å²) in [7, 11) is 5.24. The van der Waals surface area contributed by atoms with Crippen molar-refractivity contribution < 1.29 is 63.6 Å². The summed E-state index contributed by atoms with van der Waals surface area (Å²) < 4.78 is 37.6. The highest BCUT2D eigenvalue weighted by atomic mass is 16.7. The van der Waals surface area contributed by atoms with Crippen LogP contribution in [0.5, 0.6) is 0 Å². The van der Waals surface area contributed by atoms with Gasteiger partial charge in [0, 0.05) is 37.3 Å². The Balaban J connectivity index is 2.24. The Morgan fingerprint density at radius 1 is 0.909 bits per heavy atom. The van der Waals surface area contributed by atoms with Gasteiger partial charge < -0.3 is 63.7 Å². The molecule has 0 amide bonds. The summed E-state index contributed by atoms with van der Waals surface area (Å²) in [6.07, 6.45) is -8.40. The Labute approximate surface area is 328 Å². The maximum Gasteiger partial charge on any atom is 0.311 e. The number of carbonyl (C=O) groups excluding carboxylic acids is 1. The minimum Gasteiger partial charge on any atom is -0.459 e. The van der Waals surface area contributed by atoms with Crippen molar-refractivity contribution in [1.29, 1.82) is 0 Å². The summed E-state index contributed by atoms with van der Waals surface area (Å²) >= 11 is 0. The fourth-order valence-corrected chi connectivity index (χ4v) is 8.81. The number of hydrogen-bond acceptors (Lipinski definition) is 15. The largest absolute Gasteiger partial charge is 0.459 e. The molecule has 0 radical (unpaired) electrons. The third kappa shape index (κ3) is 11.0. The molecule has 15 heteroatoms. The van der Waals surface area contributed by atoms with Crippen molar-refractivity contribution in [2.45, 2.75) is 193 Å². The topological polar surface area (TPSA) is 198 Å². The molecule has 3 aliphatic rings. The second-order valence-corrected chi connectivity index (χ2v) is 17.4. The van der Waals surface area contributed by atoms with E-state index in [0.717, 1.165) is 0 Å². The highest BCUT2D eigenvalue weighted by Crippen LogP contribution is 2.41. The Morgan fingerprint density at radius 3 is 2.11 bits per heavy atom. The average molecular weight is 791 g/mol. The number of esters is 1. The van der Waals surface area contributed by atoms with E-state index in [2.05, 4.69) is 5.16 Å². The van der Waals surface area contributed by atoms with Crippen LogP contribution in [-0.4, -0.2) is 154 Å². The highest BCUT2D eigenvalue weighted by molar-refractivity contribution is 5.88. The van der Waals surface area contributed by atoms with Gasteiger partial charge in [-0.05, 0) is 81.3 Å². The number of ether oxygens (including phenoxy) is 6. The SMILES string of the molecule is CCCO/N=C1\[C@H](C)CC(C)(O)[C@H](O[C@@H]2O[C@H](C)C[C@H](N(C)C)[C@H]2O)[C@@H](C)[C@H](OC2C[C@@](C)(OC)[C@@H](O)[C@H](C)O2)[C@@H](C)C(=O)O[C@H](CC)[C@@](C)(O)[C@H](O)[C@H]1C. The lowest BCUT2D eigenvalue weighted by Crippen LogP contribution is -2.61. The normalized spacial score (nSPS) is 47.7. The monoisotopic (exact) mass is 791 g/mol. The van der Waals surface area contributed by atoms with Gasteiger partial charge in [-0.15, -0.1) is 0 Å². The molecule has 0 aromatic heterocycles. The molecule has 0 aliphatic carbocycles. The smallest absolute Gasteiger partial charge is 0.311 e. The molecule has 18 atom stereocenters. The van der Waals surface area contributed by atoms with E-state index in [1.807, 2.05) is 39.8 Å². The zero-order valence-corrected chi connectivity index (χ0v) is 35.8. The Morgan fingerprint density at radius 2 is 1.55 bits per heavy atom. The van der Waals surface area contributed by atoms with Crippen LogP contribution in [0.2, 0.25) is 0 Å². The van der Waals surface area contributed by atoms with Gasteiger partial charge in [-0.1, -0.05) is 39.8 Å². The number of methoxy groups -OCH3 is 1. The first-order chi connectivity index (χ1) is 25.5. The number of likely N-dealkylation sites (N-methyl/N-ethyl adjacent to an activating group) is 1. The van der Waals surface area contributed by atoms with Crippen LogP contribution in [0.4, 0.5) is 0 Å². The standard InChI is InChI=1S/C40H74N2O13/c1-15-17-50-41-30-21(3)19-38(9,47)35(55-37-31(43)27(42(12)13)18-22(4)51-37)24(6)32(54-29-20-39(10,49-14)34(45)26(8)52-29)25(7)36(46)53-28(16-2)40(11,48)33(44)23(30)5/h21-29,31-35,37,43-45,47-48H,15-20H2,1-14H3/b41-30+/t21-,22-,23+,24+,25-,26+,27+,28-,29?,31-,32+,33-,34+,35-,37+,38?,39-,40-/m1/s1.